The minimum atomic E-state index is -1.22. The van der Waals surface area contributed by atoms with Gasteiger partial charge in [-0.05, 0) is 31.3 Å². The van der Waals surface area contributed by atoms with Crippen LogP contribution in [-0.2, 0) is 4.79 Å². The van der Waals surface area contributed by atoms with Gasteiger partial charge in [-0.25, -0.2) is 4.79 Å². The Kier molecular flexibility index (Phi) is 8.49. The largest absolute Gasteiger partial charge is 0.548 e. The molecule has 1 rings (SSSR count). The van der Waals surface area contributed by atoms with Crippen molar-refractivity contribution in [2.75, 3.05) is 12.0 Å². The molecule has 0 spiro atoms. The van der Waals surface area contributed by atoms with E-state index >= 15 is 0 Å². The topological polar surface area (TPSA) is 81.3 Å². The first kappa shape index (κ1) is 17.1. The van der Waals surface area contributed by atoms with Crippen molar-refractivity contribution < 1.29 is 14.7 Å². The minimum absolute atomic E-state index is 0.165. The number of carboxylic acids is 1. The fourth-order valence-corrected chi connectivity index (χ4v) is 2.94. The molecule has 0 aromatic rings. The van der Waals surface area contributed by atoms with Crippen molar-refractivity contribution in [2.24, 2.45) is 0 Å². The van der Waals surface area contributed by atoms with Crippen LogP contribution < -0.4 is 15.7 Å². The lowest BCUT2D eigenvalue weighted by Crippen LogP contribution is -2.53. The van der Waals surface area contributed by atoms with E-state index in [1.54, 1.807) is 11.8 Å². The van der Waals surface area contributed by atoms with Crippen LogP contribution in [-0.4, -0.2) is 36.1 Å². The van der Waals surface area contributed by atoms with Crippen LogP contribution in [0.15, 0.2) is 0 Å². The average Bonchev–Trinajstić information content (AvgIpc) is 2.37. The number of hydrogen-bond acceptors (Lipinski definition) is 4. The molecule has 1 aliphatic carbocycles. The summed E-state index contributed by atoms with van der Waals surface area (Å²) in [6, 6.07) is -1.12. The number of hydrogen-bond donors (Lipinski definition) is 2. The highest BCUT2D eigenvalue weighted by Gasteiger charge is 2.17. The van der Waals surface area contributed by atoms with Gasteiger partial charge in [0.25, 0.3) is 0 Å². The predicted octanol–water partition coefficient (Wildman–Crippen LogP) is 1.27. The third kappa shape index (κ3) is 7.03. The second-order valence-electron chi connectivity index (χ2n) is 5.31. The summed E-state index contributed by atoms with van der Waals surface area (Å²) in [5.74, 6) is -0.533. The van der Waals surface area contributed by atoms with E-state index in [0.29, 0.717) is 12.2 Å². The summed E-state index contributed by atoms with van der Waals surface area (Å²) in [5.41, 5.74) is 0. The Hall–Kier alpha value is -0.910. The second kappa shape index (κ2) is 9.91. The van der Waals surface area contributed by atoms with Crippen LogP contribution in [0, 0.1) is 0 Å². The summed E-state index contributed by atoms with van der Waals surface area (Å²) >= 11 is 1.55. The van der Waals surface area contributed by atoms with E-state index < -0.39 is 12.0 Å². The smallest absolute Gasteiger partial charge is 0.315 e. The Morgan fingerprint density at radius 2 is 1.80 bits per heavy atom. The Labute approximate surface area is 125 Å². The average molecular weight is 301 g/mol. The fraction of sp³-hybridized carbons (Fsp3) is 0.857. The lowest BCUT2D eigenvalue weighted by molar-refractivity contribution is -0.308. The van der Waals surface area contributed by atoms with Crippen LogP contribution in [0.5, 0.6) is 0 Å². The highest BCUT2D eigenvalue weighted by atomic mass is 32.2. The molecule has 2 N–H and O–H groups in total. The van der Waals surface area contributed by atoms with Gasteiger partial charge in [-0.2, -0.15) is 11.8 Å². The number of urea groups is 1. The van der Waals surface area contributed by atoms with Gasteiger partial charge in [0.05, 0.1) is 12.0 Å². The van der Waals surface area contributed by atoms with E-state index in [1.807, 2.05) is 6.26 Å². The molecule has 0 aromatic heterocycles. The fourth-order valence-electron chi connectivity index (χ4n) is 2.47. The molecule has 0 bridgehead atoms. The molecule has 1 saturated carbocycles. The zero-order valence-corrected chi connectivity index (χ0v) is 13.0. The van der Waals surface area contributed by atoms with E-state index in [0.717, 1.165) is 25.7 Å². The van der Waals surface area contributed by atoms with Gasteiger partial charge in [-0.15, -0.1) is 0 Å². The summed E-state index contributed by atoms with van der Waals surface area (Å²) in [6.07, 6.45) is 10.2. The number of rotatable bonds is 6. The van der Waals surface area contributed by atoms with Gasteiger partial charge in [-0.3, -0.25) is 0 Å². The third-order valence-electron chi connectivity index (χ3n) is 3.64. The standard InChI is InChI=1S/C14H26N2O3S/c1-20-10-9-12(13(17)18)16-14(19)15-11-7-5-3-2-4-6-8-11/h11-12H,2-10H2,1H3,(H,17,18)(H2,15,16,19)/p-1/t12-/m0/s1. The highest BCUT2D eigenvalue weighted by molar-refractivity contribution is 7.98. The molecule has 2 amide bonds. The SMILES string of the molecule is CSCC[C@H](NC(=O)NC1CCCCCCC1)C(=O)[O-]. The van der Waals surface area contributed by atoms with Crippen LogP contribution in [0.2, 0.25) is 0 Å². The van der Waals surface area contributed by atoms with Crippen LogP contribution in [0.4, 0.5) is 4.79 Å². The molecule has 0 aliphatic heterocycles. The van der Waals surface area contributed by atoms with Gasteiger partial charge < -0.3 is 20.5 Å². The van der Waals surface area contributed by atoms with Gasteiger partial charge in [0.1, 0.15) is 0 Å². The molecular weight excluding hydrogens is 276 g/mol. The normalized spacial score (nSPS) is 18.6. The van der Waals surface area contributed by atoms with Gasteiger partial charge >= 0.3 is 6.03 Å². The maximum Gasteiger partial charge on any atom is 0.315 e. The number of carboxylic acid groups (broad SMARTS) is 1. The van der Waals surface area contributed by atoms with E-state index in [-0.39, 0.29) is 12.1 Å². The first-order valence-corrected chi connectivity index (χ1v) is 8.79. The number of carbonyl (C=O) groups is 2. The lowest BCUT2D eigenvalue weighted by Gasteiger charge is -2.24. The molecule has 5 nitrogen and oxygen atoms in total. The second-order valence-corrected chi connectivity index (χ2v) is 6.30. The van der Waals surface area contributed by atoms with Crippen molar-refractivity contribution in [3.63, 3.8) is 0 Å². The molecule has 1 fully saturated rings. The van der Waals surface area contributed by atoms with Gasteiger partial charge in [0.2, 0.25) is 0 Å². The van der Waals surface area contributed by atoms with Crippen molar-refractivity contribution in [3.05, 3.63) is 0 Å². The van der Waals surface area contributed by atoms with Crippen LogP contribution in [0.25, 0.3) is 0 Å². The number of carbonyl (C=O) groups excluding carboxylic acids is 2. The summed E-state index contributed by atoms with van der Waals surface area (Å²) in [6.45, 7) is 0. The Balaban J connectivity index is 2.37. The van der Waals surface area contributed by atoms with E-state index in [4.69, 9.17) is 0 Å². The van der Waals surface area contributed by atoms with Gasteiger partial charge in [0, 0.05) is 6.04 Å². The molecule has 0 radical (unpaired) electrons. The van der Waals surface area contributed by atoms with Gasteiger partial charge in [-0.1, -0.05) is 32.1 Å². The van der Waals surface area contributed by atoms with Crippen molar-refractivity contribution in [1.82, 2.24) is 10.6 Å². The van der Waals surface area contributed by atoms with E-state index in [9.17, 15) is 14.7 Å². The minimum Gasteiger partial charge on any atom is -0.548 e. The molecule has 1 aliphatic rings. The maximum atomic E-state index is 11.9. The predicted molar refractivity (Wildman–Crippen MR) is 79.6 cm³/mol. The number of aliphatic carboxylic acids is 1. The van der Waals surface area contributed by atoms with E-state index in [1.165, 1.54) is 19.3 Å². The summed E-state index contributed by atoms with van der Waals surface area (Å²) in [7, 11) is 0. The zero-order valence-electron chi connectivity index (χ0n) is 12.2. The quantitative estimate of drug-likeness (QED) is 0.774. The monoisotopic (exact) mass is 301 g/mol. The van der Waals surface area contributed by atoms with Gasteiger partial charge in [0.15, 0.2) is 0 Å². The molecule has 116 valence electrons. The summed E-state index contributed by atoms with van der Waals surface area (Å²) in [5, 5.41) is 16.4. The zero-order chi connectivity index (χ0) is 14.8. The Morgan fingerprint density at radius 3 is 2.35 bits per heavy atom. The van der Waals surface area contributed by atoms with Crippen molar-refractivity contribution in [1.29, 1.82) is 0 Å². The molecule has 1 atom stereocenters. The summed E-state index contributed by atoms with van der Waals surface area (Å²) < 4.78 is 0. The van der Waals surface area contributed by atoms with Crippen LogP contribution >= 0.6 is 11.8 Å². The maximum absolute atomic E-state index is 11.9. The van der Waals surface area contributed by atoms with Crippen molar-refractivity contribution >= 4 is 23.8 Å². The summed E-state index contributed by atoms with van der Waals surface area (Å²) in [4.78, 5) is 22.8. The lowest BCUT2D eigenvalue weighted by atomic mass is 9.97. The van der Waals surface area contributed by atoms with Crippen molar-refractivity contribution in [3.8, 4) is 0 Å². The molecule has 0 unspecified atom stereocenters. The Morgan fingerprint density at radius 1 is 1.20 bits per heavy atom. The molecule has 6 heteroatoms. The van der Waals surface area contributed by atoms with Crippen LogP contribution in [0.3, 0.4) is 0 Å². The molecule has 20 heavy (non-hydrogen) atoms. The first-order valence-electron chi connectivity index (χ1n) is 7.40. The number of nitrogens with one attached hydrogen (secondary N) is 2. The Bertz CT molecular complexity index is 305. The number of thioether (sulfide) groups is 1. The van der Waals surface area contributed by atoms with Crippen molar-refractivity contribution in [2.45, 2.75) is 63.5 Å². The highest BCUT2D eigenvalue weighted by Crippen LogP contribution is 2.17. The van der Waals surface area contributed by atoms with Crippen LogP contribution in [0.1, 0.15) is 51.4 Å². The molecule has 0 heterocycles. The third-order valence-corrected chi connectivity index (χ3v) is 4.28. The van der Waals surface area contributed by atoms with E-state index in [2.05, 4.69) is 10.6 Å². The number of amides is 2. The first-order chi connectivity index (χ1) is 9.63. The molecule has 0 aromatic carbocycles. The molecular formula is C14H25N2O3S-. The molecule has 0 saturated heterocycles.